The van der Waals surface area contributed by atoms with Crippen LogP contribution in [0.1, 0.15) is 29.4 Å². The van der Waals surface area contributed by atoms with Gasteiger partial charge in [-0.2, -0.15) is 0 Å². The van der Waals surface area contributed by atoms with Gasteiger partial charge < -0.3 is 41.0 Å². The maximum Gasteiger partial charge on any atom is 0.330 e. The Morgan fingerprint density at radius 1 is 1.18 bits per heavy atom. The molecule has 13 heteroatoms. The number of aromatic nitrogens is 1. The summed E-state index contributed by atoms with van der Waals surface area (Å²) in [7, 11) is 1.44. The number of carbonyl (C=O) groups is 4. The van der Waals surface area contributed by atoms with Crippen LogP contribution in [0.5, 0.6) is 5.75 Å². The first kappa shape index (κ1) is 28.0. The summed E-state index contributed by atoms with van der Waals surface area (Å²) >= 11 is 0. The minimum absolute atomic E-state index is 0.0757. The topological polar surface area (TPSA) is 192 Å². The maximum absolute atomic E-state index is 13.1. The number of amides is 4. The van der Waals surface area contributed by atoms with Crippen LogP contribution in [-0.4, -0.2) is 73.5 Å². The minimum atomic E-state index is -1.20. The summed E-state index contributed by atoms with van der Waals surface area (Å²) in [5, 5.41) is 15.9. The molecule has 2 atom stereocenters. The van der Waals surface area contributed by atoms with Crippen molar-refractivity contribution in [1.29, 1.82) is 5.41 Å². The molecule has 0 radical (unpaired) electrons. The smallest absolute Gasteiger partial charge is 0.330 e. The Labute approximate surface area is 229 Å². The number of hydrogen-bond donors (Lipinski definition) is 6. The quantitative estimate of drug-likeness (QED) is 0.124. The highest BCUT2D eigenvalue weighted by Crippen LogP contribution is 2.29. The lowest BCUT2D eigenvalue weighted by molar-refractivity contribution is -0.145. The molecule has 1 saturated heterocycles. The van der Waals surface area contributed by atoms with E-state index in [1.54, 1.807) is 43.3 Å². The van der Waals surface area contributed by atoms with Crippen LogP contribution in [-0.2, 0) is 14.3 Å². The van der Waals surface area contributed by atoms with Crippen molar-refractivity contribution < 1.29 is 28.7 Å². The molecule has 1 unspecified atom stereocenters. The molecule has 0 aliphatic carbocycles. The number of nitrogens with two attached hydrogens (primary N) is 1. The van der Waals surface area contributed by atoms with Crippen LogP contribution in [0.3, 0.4) is 0 Å². The van der Waals surface area contributed by atoms with Gasteiger partial charge in [0.1, 0.15) is 23.6 Å². The monoisotopic (exact) mass is 549 g/mol. The molecule has 2 aromatic carbocycles. The van der Waals surface area contributed by atoms with Crippen LogP contribution in [0.25, 0.3) is 10.9 Å². The van der Waals surface area contributed by atoms with Gasteiger partial charge in [0, 0.05) is 28.7 Å². The number of nitrogen functional groups attached to an aromatic ring is 1. The molecule has 1 aromatic heterocycles. The number of ether oxygens (including phenoxy) is 2. The third-order valence-electron chi connectivity index (χ3n) is 6.43. The summed E-state index contributed by atoms with van der Waals surface area (Å²) < 4.78 is 10.5. The van der Waals surface area contributed by atoms with Crippen molar-refractivity contribution in [2.45, 2.75) is 25.4 Å². The third kappa shape index (κ3) is 5.98. The fourth-order valence-electron chi connectivity index (χ4n) is 4.45. The maximum atomic E-state index is 13.1. The van der Waals surface area contributed by atoms with Gasteiger partial charge in [0.05, 0.1) is 20.3 Å². The largest absolute Gasteiger partial charge is 0.494 e. The SMILES string of the molecule is CCOC(=O)[C@H](CNC(=O)NC1CCN(c2ccc(C(=N)N)cc2)C1=O)NC(=O)c1[nH]c2ccccc2c1OC. The molecule has 0 saturated carbocycles. The average Bonchev–Trinajstić information content (AvgIpc) is 3.51. The number of amidine groups is 1. The molecule has 4 rings (SSSR count). The van der Waals surface area contributed by atoms with Gasteiger partial charge >= 0.3 is 12.0 Å². The Morgan fingerprint density at radius 2 is 1.90 bits per heavy atom. The number of rotatable bonds is 10. The number of fused-ring (bicyclic) bond motifs is 1. The Morgan fingerprint density at radius 3 is 2.58 bits per heavy atom. The molecule has 0 bridgehead atoms. The van der Waals surface area contributed by atoms with Crippen molar-refractivity contribution in [3.8, 4) is 5.75 Å². The standard InChI is InChI=1S/C27H31N7O6/c1-3-40-26(37)20(32-24(35)21-22(39-2)17-6-4-5-7-18(17)31-21)14-30-27(38)33-19-12-13-34(25(19)36)16-10-8-15(9-11-16)23(28)29/h4-11,19-20,31H,3,12-14H2,1-2H3,(H3,28,29)(H,32,35)(H2,30,33,38)/t19?,20-/m0/s1. The zero-order valence-electron chi connectivity index (χ0n) is 22.1. The molecule has 40 heavy (non-hydrogen) atoms. The number of methoxy groups -OCH3 is 1. The number of nitrogens with zero attached hydrogens (tertiary/aromatic N) is 1. The first-order valence-electron chi connectivity index (χ1n) is 12.7. The second-order valence-corrected chi connectivity index (χ2v) is 9.00. The number of esters is 1. The van der Waals surface area contributed by atoms with Gasteiger partial charge in [-0.1, -0.05) is 12.1 Å². The first-order valence-corrected chi connectivity index (χ1v) is 12.7. The molecule has 13 nitrogen and oxygen atoms in total. The number of aromatic amines is 1. The summed E-state index contributed by atoms with van der Waals surface area (Å²) in [5.41, 5.74) is 7.44. The van der Waals surface area contributed by atoms with E-state index >= 15 is 0 Å². The van der Waals surface area contributed by atoms with Crippen molar-refractivity contribution in [2.24, 2.45) is 5.73 Å². The number of hydrogen-bond acceptors (Lipinski definition) is 7. The molecule has 4 amide bonds. The van der Waals surface area contributed by atoms with E-state index in [1.165, 1.54) is 12.0 Å². The molecule has 0 spiro atoms. The lowest BCUT2D eigenvalue weighted by Gasteiger charge is -2.20. The number of urea groups is 1. The lowest BCUT2D eigenvalue weighted by atomic mass is 10.2. The summed E-state index contributed by atoms with van der Waals surface area (Å²) in [6, 6.07) is 11.2. The normalized spacial score (nSPS) is 15.4. The Kier molecular flexibility index (Phi) is 8.52. The summed E-state index contributed by atoms with van der Waals surface area (Å²) in [5.74, 6) is -1.41. The number of para-hydroxylation sites is 1. The van der Waals surface area contributed by atoms with Crippen LogP contribution >= 0.6 is 0 Å². The van der Waals surface area contributed by atoms with Crippen molar-refractivity contribution in [3.05, 3.63) is 59.8 Å². The molecule has 3 aromatic rings. The molecular formula is C27H31N7O6. The molecular weight excluding hydrogens is 518 g/mol. The first-order chi connectivity index (χ1) is 19.2. The number of H-pyrrole nitrogens is 1. The van der Waals surface area contributed by atoms with E-state index in [2.05, 4.69) is 20.9 Å². The number of carbonyl (C=O) groups excluding carboxylic acids is 4. The average molecular weight is 550 g/mol. The highest BCUT2D eigenvalue weighted by Gasteiger charge is 2.34. The fraction of sp³-hybridized carbons (Fsp3) is 0.296. The van der Waals surface area contributed by atoms with Crippen molar-refractivity contribution in [3.63, 3.8) is 0 Å². The third-order valence-corrected chi connectivity index (χ3v) is 6.43. The van der Waals surface area contributed by atoms with Crippen molar-refractivity contribution in [1.82, 2.24) is 20.9 Å². The van der Waals surface area contributed by atoms with E-state index in [1.807, 2.05) is 12.1 Å². The predicted octanol–water partition coefficient (Wildman–Crippen LogP) is 1.23. The minimum Gasteiger partial charge on any atom is -0.494 e. The second kappa shape index (κ2) is 12.2. The van der Waals surface area contributed by atoms with E-state index in [9.17, 15) is 19.2 Å². The van der Waals surface area contributed by atoms with Crippen molar-refractivity contribution in [2.75, 3.05) is 31.7 Å². The molecule has 7 N–H and O–H groups in total. The highest BCUT2D eigenvalue weighted by molar-refractivity contribution is 6.05. The van der Waals surface area contributed by atoms with Gasteiger partial charge in [-0.25, -0.2) is 9.59 Å². The molecule has 1 aliphatic heterocycles. The van der Waals surface area contributed by atoms with Crippen molar-refractivity contribution >= 4 is 46.2 Å². The molecule has 1 fully saturated rings. The van der Waals surface area contributed by atoms with Gasteiger partial charge in [-0.15, -0.1) is 0 Å². The lowest BCUT2D eigenvalue weighted by Crippen LogP contribution is -2.53. The van der Waals surface area contributed by atoms with E-state index in [0.717, 1.165) is 0 Å². The van der Waals surface area contributed by atoms with E-state index < -0.39 is 30.0 Å². The molecule has 1 aliphatic rings. The van der Waals surface area contributed by atoms with E-state index in [-0.39, 0.29) is 30.6 Å². The van der Waals surface area contributed by atoms with Crippen LogP contribution in [0.4, 0.5) is 10.5 Å². The highest BCUT2D eigenvalue weighted by atomic mass is 16.5. The predicted molar refractivity (Wildman–Crippen MR) is 147 cm³/mol. The number of nitrogens with one attached hydrogen (secondary N) is 5. The summed E-state index contributed by atoms with van der Waals surface area (Å²) in [4.78, 5) is 55.7. The van der Waals surface area contributed by atoms with Crippen LogP contribution in [0.15, 0.2) is 48.5 Å². The van der Waals surface area contributed by atoms with E-state index in [0.29, 0.717) is 40.9 Å². The van der Waals surface area contributed by atoms with Gasteiger partial charge in [-0.3, -0.25) is 15.0 Å². The number of anilines is 1. The van der Waals surface area contributed by atoms with E-state index in [4.69, 9.17) is 20.6 Å². The summed E-state index contributed by atoms with van der Waals surface area (Å²) in [6.07, 6.45) is 0.374. The van der Waals surface area contributed by atoms with Crippen LogP contribution in [0, 0.1) is 5.41 Å². The van der Waals surface area contributed by atoms with Gasteiger partial charge in [0.2, 0.25) is 5.91 Å². The Bertz CT molecular complexity index is 1430. The van der Waals surface area contributed by atoms with Crippen LogP contribution in [0.2, 0.25) is 0 Å². The van der Waals surface area contributed by atoms with Gasteiger partial charge in [-0.05, 0) is 49.7 Å². The molecule has 210 valence electrons. The summed E-state index contributed by atoms with van der Waals surface area (Å²) in [6.45, 7) is 1.81. The zero-order valence-corrected chi connectivity index (χ0v) is 22.1. The fourth-order valence-corrected chi connectivity index (χ4v) is 4.45. The Hall–Kier alpha value is -5.07. The van der Waals surface area contributed by atoms with Gasteiger partial charge in [0.25, 0.3) is 5.91 Å². The zero-order chi connectivity index (χ0) is 28.8. The Balaban J connectivity index is 1.37. The second-order valence-electron chi connectivity index (χ2n) is 9.00. The molecule has 2 heterocycles. The van der Waals surface area contributed by atoms with Crippen LogP contribution < -0.4 is 31.3 Å². The van der Waals surface area contributed by atoms with Gasteiger partial charge in [0.15, 0.2) is 5.75 Å². The number of benzene rings is 2.